The van der Waals surface area contributed by atoms with Crippen molar-refractivity contribution in [3.63, 3.8) is 0 Å². The van der Waals surface area contributed by atoms with Gasteiger partial charge in [-0.25, -0.2) is 0 Å². The van der Waals surface area contributed by atoms with Gasteiger partial charge in [-0.1, -0.05) is 93.6 Å². The largest absolute Gasteiger partial charge is 0.389 e. The molecule has 546 valence electrons. The Kier molecular flexibility index (Phi) is 15.2. The molecule has 3 aromatic carbocycles. The number of nitrogens with one attached hydrogen (secondary N) is 2. The molecule has 6 bridgehead atoms. The Labute approximate surface area is 621 Å². The van der Waals surface area contributed by atoms with Gasteiger partial charge in [0.15, 0.2) is 0 Å². The first-order valence-corrected chi connectivity index (χ1v) is 41.7. The molecule has 3 unspecified atom stereocenters. The van der Waals surface area contributed by atoms with Gasteiger partial charge in [-0.05, 0) is 334 Å². The summed E-state index contributed by atoms with van der Waals surface area (Å²) in [6.07, 6.45) is 59.4. The Morgan fingerprint density at radius 1 is 0.419 bits per heavy atom. The van der Waals surface area contributed by atoms with Crippen molar-refractivity contribution < 1.29 is 29.2 Å². The third-order valence-electron chi connectivity index (χ3n) is 33.1. The van der Waals surface area contributed by atoms with Gasteiger partial charge in [0.25, 0.3) is 0 Å². The fraction of sp³-hybridized carbons (Fsp3) is 0.574. The Morgan fingerprint density at radius 2 is 0.790 bits per heavy atom. The molecular weight excluding hydrogens is 1300 g/mol. The number of aliphatic hydroxyl groups is 2. The highest BCUT2D eigenvalue weighted by atomic mass is 16.5. The van der Waals surface area contributed by atoms with Crippen LogP contribution >= 0.6 is 0 Å². The number of benzene rings is 3. The van der Waals surface area contributed by atoms with Gasteiger partial charge >= 0.3 is 0 Å². The van der Waals surface area contributed by atoms with Crippen molar-refractivity contribution in [1.82, 2.24) is 25.6 Å². The molecule has 8 saturated carbocycles. The van der Waals surface area contributed by atoms with E-state index in [-0.39, 0.29) is 49.9 Å². The fourth-order valence-corrected chi connectivity index (χ4v) is 27.2. The molecule has 9 heterocycles. The average molecular weight is 1400 g/mol. The number of carbonyl (C=O) groups excluding carboxylic acids is 1. The number of rotatable bonds is 9. The molecule has 0 radical (unpaired) electrons. The van der Waals surface area contributed by atoms with E-state index >= 15 is 0 Å². The van der Waals surface area contributed by atoms with Crippen molar-refractivity contribution in [2.24, 2.45) is 34.0 Å². The molecule has 6 spiro atoms. The lowest BCUT2D eigenvalue weighted by Crippen LogP contribution is -2.56. The van der Waals surface area contributed by atoms with Gasteiger partial charge in [-0.2, -0.15) is 0 Å². The Bertz CT molecular complexity index is 4590. The van der Waals surface area contributed by atoms with Crippen LogP contribution in [0.15, 0.2) is 180 Å². The van der Waals surface area contributed by atoms with E-state index in [1.54, 1.807) is 11.1 Å². The molecule has 11 aliphatic carbocycles. The second-order valence-corrected chi connectivity index (χ2v) is 38.1. The first-order valence-electron chi connectivity index (χ1n) is 41.7. The predicted molar refractivity (Wildman–Crippen MR) is 413 cm³/mol. The average Bonchev–Trinajstić information content (AvgIpc) is 1.56. The summed E-state index contributed by atoms with van der Waals surface area (Å²) in [7, 11) is 0. The van der Waals surface area contributed by atoms with Crippen molar-refractivity contribution >= 4 is 38.1 Å². The number of pyridine rings is 3. The van der Waals surface area contributed by atoms with Gasteiger partial charge in [-0.3, -0.25) is 19.7 Å². The zero-order valence-corrected chi connectivity index (χ0v) is 62.5. The van der Waals surface area contributed by atoms with E-state index in [0.717, 1.165) is 154 Å². The minimum atomic E-state index is -0.461. The lowest BCUT2D eigenvalue weighted by Gasteiger charge is -2.54. The van der Waals surface area contributed by atoms with Crippen LogP contribution in [0.2, 0.25) is 0 Å². The van der Waals surface area contributed by atoms with E-state index in [4.69, 9.17) is 14.2 Å². The quantitative estimate of drug-likeness (QED) is 0.110. The molecule has 23 rings (SSSR count). The molecule has 11 heteroatoms. The molecule has 17 aliphatic rings. The molecule has 3 saturated heterocycles. The molecule has 4 N–H and O–H groups in total. The van der Waals surface area contributed by atoms with E-state index in [1.807, 2.05) is 37.2 Å². The van der Waals surface area contributed by atoms with Crippen molar-refractivity contribution in [3.8, 4) is 0 Å². The smallest absolute Gasteiger partial charge is 0.136 e. The molecule has 0 amide bonds. The number of hydrogen-bond acceptors (Lipinski definition) is 11. The van der Waals surface area contributed by atoms with Gasteiger partial charge in [0, 0.05) is 91.4 Å². The minimum absolute atomic E-state index is 0.0968. The van der Waals surface area contributed by atoms with Crippen LogP contribution in [-0.2, 0) is 19.0 Å². The summed E-state index contributed by atoms with van der Waals surface area (Å²) in [4.78, 5) is 25.5. The van der Waals surface area contributed by atoms with Crippen molar-refractivity contribution in [3.05, 3.63) is 197 Å². The molecule has 6 aromatic rings. The number of allylic oxidation sites excluding steroid dienone is 3. The summed E-state index contributed by atoms with van der Waals surface area (Å²) in [5, 5.41) is 36.4. The van der Waals surface area contributed by atoms with Crippen LogP contribution in [0.1, 0.15) is 248 Å². The summed E-state index contributed by atoms with van der Waals surface area (Å²) in [6, 6.07) is 28.3. The molecule has 105 heavy (non-hydrogen) atoms. The van der Waals surface area contributed by atoms with Gasteiger partial charge in [0.05, 0.1) is 44.8 Å². The van der Waals surface area contributed by atoms with Crippen LogP contribution in [0.25, 0.3) is 32.3 Å². The number of aromatic nitrogens is 3. The highest BCUT2D eigenvalue weighted by molar-refractivity contribution is 5.85. The molecule has 3 aromatic heterocycles. The second-order valence-electron chi connectivity index (χ2n) is 38.1. The van der Waals surface area contributed by atoms with Crippen LogP contribution in [0.5, 0.6) is 0 Å². The lowest BCUT2D eigenvalue weighted by atomic mass is 9.58. The van der Waals surface area contributed by atoms with E-state index in [9.17, 15) is 15.0 Å². The summed E-state index contributed by atoms with van der Waals surface area (Å²) in [5.41, 5.74) is 12.1. The van der Waals surface area contributed by atoms with E-state index < -0.39 is 11.2 Å². The minimum Gasteiger partial charge on any atom is -0.389 e. The number of fused-ring (bicyclic) bond motifs is 6. The number of hydrogen-bond donors (Lipinski definition) is 4. The molecular formula is C94H109N5O6. The summed E-state index contributed by atoms with van der Waals surface area (Å²) in [5.74, 6) is 3.69. The topological polar surface area (TPSA) is 148 Å². The normalized spacial score (nSPS) is 41.1. The second kappa shape index (κ2) is 23.9. The van der Waals surface area contributed by atoms with Gasteiger partial charge < -0.3 is 35.1 Å². The Hall–Kier alpha value is -6.28. The Morgan fingerprint density at radius 3 is 1.17 bits per heavy atom. The van der Waals surface area contributed by atoms with Crippen molar-refractivity contribution in [1.29, 1.82) is 0 Å². The summed E-state index contributed by atoms with van der Waals surface area (Å²) >= 11 is 0. The number of carbonyl (C=O) groups is 1. The fourth-order valence-electron chi connectivity index (χ4n) is 27.2. The maximum Gasteiger partial charge on any atom is 0.136 e. The van der Waals surface area contributed by atoms with E-state index in [0.29, 0.717) is 66.2 Å². The highest BCUT2D eigenvalue weighted by Crippen LogP contribution is 2.73. The monoisotopic (exact) mass is 1400 g/mol. The van der Waals surface area contributed by atoms with Gasteiger partial charge in [0.1, 0.15) is 5.78 Å². The lowest BCUT2D eigenvalue weighted by molar-refractivity contribution is -0.146. The molecule has 11 nitrogen and oxygen atoms in total. The number of nitrogens with zero attached hydrogens (tertiary/aromatic N) is 3. The predicted octanol–water partition coefficient (Wildman–Crippen LogP) is 18.7. The number of Topliss-reactive ketones (excluding diaryl/α,β-unsaturated/α-hetero) is 1. The summed E-state index contributed by atoms with van der Waals surface area (Å²) in [6.45, 7) is 9.11. The van der Waals surface area contributed by atoms with Crippen molar-refractivity contribution in [2.75, 3.05) is 13.1 Å². The SMILES string of the molecule is C[C@]12CC=C3C=C4CCC(=O)C[C@]45CCC3(O5)[C@@H]1CC[C@@H]2c1ccc2ccncc2c1.C[C@]12CC=C3C=C4CC[C@@H](NCC5(O)CCC5)C[C@]45CCC3(O5)[C@@H]1CC[C@@H]2c1ccc2ccncc2c1.C[C@]12CC=C3C=C4CC[C@H](NCC5(O)CCC5)C[C@]45CCC3(O5)[C@@H]1CC[C@@H]2c1ccc2ccncc2c1. The van der Waals surface area contributed by atoms with Gasteiger partial charge in [-0.15, -0.1) is 0 Å². The van der Waals surface area contributed by atoms with E-state index in [1.165, 1.54) is 110 Å². The zero-order valence-electron chi connectivity index (χ0n) is 62.5. The van der Waals surface area contributed by atoms with Crippen molar-refractivity contribution in [2.45, 2.75) is 288 Å². The van der Waals surface area contributed by atoms with Crippen LogP contribution in [0.4, 0.5) is 0 Å². The molecule has 6 aliphatic heterocycles. The molecule has 11 fully saturated rings. The van der Waals surface area contributed by atoms with Crippen LogP contribution in [-0.4, -0.2) is 101 Å². The maximum atomic E-state index is 12.4. The zero-order chi connectivity index (χ0) is 70.6. The maximum absolute atomic E-state index is 12.4. The number of ketones is 1. The van der Waals surface area contributed by atoms with Gasteiger partial charge in [0.2, 0.25) is 0 Å². The third kappa shape index (κ3) is 10.1. The Balaban J connectivity index is 0.000000102. The van der Waals surface area contributed by atoms with Crippen LogP contribution < -0.4 is 10.6 Å². The first-order chi connectivity index (χ1) is 50.9. The van der Waals surface area contributed by atoms with Crippen LogP contribution in [0.3, 0.4) is 0 Å². The number of ether oxygens (including phenoxy) is 3. The molecule has 17 atom stereocenters. The van der Waals surface area contributed by atoms with E-state index in [2.05, 4.69) is 156 Å². The standard InChI is InChI=1S/2C33H40N2O2.C28H29NO2/c2*1-30-13-9-26-18-25-5-6-27(35-21-31(36)11-2-12-31)19-32(25)14-15-33(26,37-32)29(30)8-7-28(30)23-4-3-22-10-16-34-20-24(22)17-23;1-26-10-8-22-15-21-4-5-23(30)16-27(21)11-12-28(22,31-27)25(26)7-6-24(26)19-3-2-18-9-13-29-17-20(18)14-19/h2*3-4,9-10,16-18,20,27-29,35-36H,2,5-8,11-15,19,21H2,1H3;2-3,8-9,13-15,17,24-25H,4-7,10-12,16H2,1H3/t27-,28+,29+,30+,32+,33?;27-,28-,29-,30-,32-,33?;24-,25-,26-,27-,28?/m011/s1. The first kappa shape index (κ1) is 66.9. The highest BCUT2D eigenvalue weighted by Gasteiger charge is 2.70. The third-order valence-corrected chi connectivity index (χ3v) is 33.1. The van der Waals surface area contributed by atoms with Crippen LogP contribution in [0, 0.1) is 34.0 Å². The summed E-state index contributed by atoms with van der Waals surface area (Å²) < 4.78 is 22.1.